The summed E-state index contributed by atoms with van der Waals surface area (Å²) in [5.74, 6) is -2.60. The highest BCUT2D eigenvalue weighted by molar-refractivity contribution is 7.09. The molecule has 0 aliphatic rings. The minimum absolute atomic E-state index is 0.00203. The van der Waals surface area contributed by atoms with Gasteiger partial charge in [-0.1, -0.05) is 12.1 Å². The number of amides is 1. The molecule has 3 heterocycles. The molecule has 1 aromatic carbocycles. The molecule has 4 rings (SSSR count). The fourth-order valence-electron chi connectivity index (χ4n) is 3.08. The van der Waals surface area contributed by atoms with E-state index >= 15 is 0 Å². The van der Waals surface area contributed by atoms with Crippen LogP contribution < -0.4 is 10.6 Å². The summed E-state index contributed by atoms with van der Waals surface area (Å²) in [5.41, 5.74) is 6.39. The first-order chi connectivity index (χ1) is 16.1. The van der Waals surface area contributed by atoms with Crippen molar-refractivity contribution in [3.8, 4) is 22.9 Å². The number of carboxylic acid groups (broad SMARTS) is 1. The zero-order chi connectivity index (χ0) is 24.6. The molecule has 1 amide bonds. The number of nitrogens with zero attached hydrogens (tertiary/aromatic N) is 6. The number of primary amides is 1. The summed E-state index contributed by atoms with van der Waals surface area (Å²) in [6.45, 7) is 1.46. The first-order valence-corrected chi connectivity index (χ1v) is 10.7. The molecule has 13 heteroatoms. The maximum absolute atomic E-state index is 12.0. The van der Waals surface area contributed by atoms with E-state index in [1.54, 1.807) is 23.6 Å². The number of rotatable bonds is 8. The molecular weight excluding hydrogens is 462 g/mol. The Labute approximate surface area is 196 Å². The zero-order valence-electron chi connectivity index (χ0n) is 18.3. The van der Waals surface area contributed by atoms with Gasteiger partial charge in [0.2, 0.25) is 0 Å². The highest BCUT2D eigenvalue weighted by Gasteiger charge is 2.28. The second-order valence-corrected chi connectivity index (χ2v) is 8.36. The van der Waals surface area contributed by atoms with E-state index in [1.165, 1.54) is 18.3 Å². The largest absolute Gasteiger partial charge is 0.476 e. The van der Waals surface area contributed by atoms with Crippen LogP contribution in [0, 0.1) is 0 Å². The highest BCUT2D eigenvalue weighted by Crippen LogP contribution is 2.32. The van der Waals surface area contributed by atoms with Gasteiger partial charge in [0.25, 0.3) is 11.8 Å². The number of thiazole rings is 1. The lowest BCUT2D eigenvalue weighted by Gasteiger charge is -2.12. The van der Waals surface area contributed by atoms with E-state index in [-0.39, 0.29) is 41.1 Å². The number of hydrogen-bond donors (Lipinski definition) is 2. The average Bonchev–Trinajstić information content (AvgIpc) is 3.52. The van der Waals surface area contributed by atoms with Crippen molar-refractivity contribution in [3.05, 3.63) is 51.7 Å². The second-order valence-electron chi connectivity index (χ2n) is 7.42. The van der Waals surface area contributed by atoms with Crippen LogP contribution >= 0.6 is 11.3 Å². The molecule has 0 bridgehead atoms. The molecule has 0 aliphatic carbocycles. The van der Waals surface area contributed by atoms with Crippen LogP contribution in [0.4, 0.5) is 5.69 Å². The number of hydrogen-bond acceptors (Lipinski definition) is 10. The van der Waals surface area contributed by atoms with Gasteiger partial charge in [-0.25, -0.2) is 9.78 Å². The molecule has 3 N–H and O–H groups in total. The minimum Gasteiger partial charge on any atom is -0.476 e. The Morgan fingerprint density at radius 1 is 1.18 bits per heavy atom. The van der Waals surface area contributed by atoms with Crippen LogP contribution in [0.5, 0.6) is 0 Å². The number of ketones is 1. The van der Waals surface area contributed by atoms with Crippen LogP contribution in [-0.4, -0.2) is 61.8 Å². The summed E-state index contributed by atoms with van der Waals surface area (Å²) >= 11 is 1.23. The van der Waals surface area contributed by atoms with Gasteiger partial charge in [0.1, 0.15) is 17.2 Å². The SMILES string of the molecule is CC(=O)c1csc(Cn2nc(C(N)=O)c(-c3nc(C(=O)O)c(-c4cccc(N(C)C)c4)o3)n2)n1. The quantitative estimate of drug-likeness (QED) is 0.355. The molecule has 0 unspecified atom stereocenters. The minimum atomic E-state index is -1.31. The Hall–Kier alpha value is -4.39. The van der Waals surface area contributed by atoms with Crippen LogP contribution in [0.15, 0.2) is 34.1 Å². The second kappa shape index (κ2) is 8.86. The summed E-state index contributed by atoms with van der Waals surface area (Å²) in [4.78, 5) is 46.7. The van der Waals surface area contributed by atoms with Gasteiger partial charge in [0, 0.05) is 37.6 Å². The molecule has 4 aromatic rings. The molecule has 0 radical (unpaired) electrons. The molecule has 174 valence electrons. The monoisotopic (exact) mass is 481 g/mol. The van der Waals surface area contributed by atoms with E-state index in [4.69, 9.17) is 10.2 Å². The fourth-order valence-corrected chi connectivity index (χ4v) is 3.89. The number of Topliss-reactive ketones (excluding diaryl/α,β-unsaturated/α-hetero) is 1. The van der Waals surface area contributed by atoms with Gasteiger partial charge in [0.05, 0.1) is 0 Å². The summed E-state index contributed by atoms with van der Waals surface area (Å²) in [7, 11) is 3.70. The molecule has 12 nitrogen and oxygen atoms in total. The number of carbonyl (C=O) groups excluding carboxylic acids is 2. The summed E-state index contributed by atoms with van der Waals surface area (Å²) < 4.78 is 5.78. The van der Waals surface area contributed by atoms with E-state index in [0.29, 0.717) is 16.3 Å². The number of carboxylic acids is 1. The molecule has 0 spiro atoms. The maximum Gasteiger partial charge on any atom is 0.358 e. The van der Waals surface area contributed by atoms with Crippen molar-refractivity contribution >= 4 is 34.7 Å². The number of benzene rings is 1. The van der Waals surface area contributed by atoms with Crippen molar-refractivity contribution in [1.82, 2.24) is 25.0 Å². The molecule has 0 saturated heterocycles. The van der Waals surface area contributed by atoms with E-state index < -0.39 is 11.9 Å². The third kappa shape index (κ3) is 4.41. The van der Waals surface area contributed by atoms with Crippen LogP contribution in [0.25, 0.3) is 22.9 Å². The average molecular weight is 481 g/mol. The van der Waals surface area contributed by atoms with Crippen molar-refractivity contribution in [2.75, 3.05) is 19.0 Å². The standard InChI is InChI=1S/C21H19N7O5S/c1-10(29)13-9-34-14(23-13)8-28-25-15(19(22)30)16(26-28)20-24-17(21(31)32)18(33-20)11-5-4-6-12(7-11)27(2)3/h4-7,9H,8H2,1-3H3,(H2,22,30)(H,31,32). The number of carbonyl (C=O) groups is 3. The van der Waals surface area contributed by atoms with E-state index in [2.05, 4.69) is 20.2 Å². The first kappa shape index (κ1) is 22.8. The Kier molecular flexibility index (Phi) is 5.94. The van der Waals surface area contributed by atoms with Gasteiger partial charge in [-0.05, 0) is 12.1 Å². The topological polar surface area (TPSA) is 170 Å². The van der Waals surface area contributed by atoms with Crippen molar-refractivity contribution in [2.45, 2.75) is 13.5 Å². The molecule has 0 fully saturated rings. The molecular formula is C21H19N7O5S. The predicted octanol–water partition coefficient (Wildman–Crippen LogP) is 2.17. The van der Waals surface area contributed by atoms with Gasteiger partial charge in [-0.2, -0.15) is 9.78 Å². The molecule has 0 saturated carbocycles. The number of aromatic carboxylic acids is 1. The normalized spacial score (nSPS) is 10.9. The summed E-state index contributed by atoms with van der Waals surface area (Å²) in [6, 6.07) is 7.05. The van der Waals surface area contributed by atoms with Gasteiger partial charge in [-0.3, -0.25) is 9.59 Å². The zero-order valence-corrected chi connectivity index (χ0v) is 19.2. The molecule has 0 aliphatic heterocycles. The lowest BCUT2D eigenvalue weighted by molar-refractivity contribution is 0.0691. The summed E-state index contributed by atoms with van der Waals surface area (Å²) in [6.07, 6.45) is 0. The fraction of sp³-hybridized carbons (Fsp3) is 0.190. The third-order valence-electron chi connectivity index (χ3n) is 4.73. The van der Waals surface area contributed by atoms with Crippen LogP contribution in [0.3, 0.4) is 0 Å². The van der Waals surface area contributed by atoms with Crippen LogP contribution in [0.2, 0.25) is 0 Å². The molecule has 34 heavy (non-hydrogen) atoms. The summed E-state index contributed by atoms with van der Waals surface area (Å²) in [5, 5.41) is 20.2. The molecule has 0 atom stereocenters. The maximum atomic E-state index is 12.0. The van der Waals surface area contributed by atoms with Crippen LogP contribution in [-0.2, 0) is 6.54 Å². The van der Waals surface area contributed by atoms with Gasteiger partial charge in [-0.15, -0.1) is 21.5 Å². The predicted molar refractivity (Wildman–Crippen MR) is 122 cm³/mol. The Balaban J connectivity index is 1.77. The first-order valence-electron chi connectivity index (χ1n) is 9.86. The van der Waals surface area contributed by atoms with Crippen molar-refractivity contribution in [3.63, 3.8) is 0 Å². The van der Waals surface area contributed by atoms with Gasteiger partial charge in [0.15, 0.2) is 28.6 Å². The van der Waals surface area contributed by atoms with Crippen molar-refractivity contribution < 1.29 is 23.9 Å². The Bertz CT molecular complexity index is 1420. The van der Waals surface area contributed by atoms with Gasteiger partial charge >= 0.3 is 5.97 Å². The van der Waals surface area contributed by atoms with Crippen LogP contribution in [0.1, 0.15) is 43.4 Å². The lowest BCUT2D eigenvalue weighted by Crippen LogP contribution is -2.14. The number of oxazole rings is 1. The Morgan fingerprint density at radius 3 is 2.56 bits per heavy atom. The number of nitrogens with two attached hydrogens (primary N) is 1. The third-order valence-corrected chi connectivity index (χ3v) is 5.57. The van der Waals surface area contributed by atoms with Crippen molar-refractivity contribution in [1.29, 1.82) is 0 Å². The Morgan fingerprint density at radius 2 is 1.94 bits per heavy atom. The van der Waals surface area contributed by atoms with E-state index in [1.807, 2.05) is 25.1 Å². The smallest absolute Gasteiger partial charge is 0.358 e. The number of aromatic nitrogens is 5. The van der Waals surface area contributed by atoms with E-state index in [9.17, 15) is 19.5 Å². The highest BCUT2D eigenvalue weighted by atomic mass is 32.1. The van der Waals surface area contributed by atoms with Crippen molar-refractivity contribution in [2.24, 2.45) is 5.73 Å². The number of anilines is 1. The molecule has 3 aromatic heterocycles. The van der Waals surface area contributed by atoms with Gasteiger partial charge < -0.3 is 20.2 Å². The van der Waals surface area contributed by atoms with E-state index in [0.717, 1.165) is 10.5 Å². The lowest BCUT2D eigenvalue weighted by atomic mass is 10.1.